The van der Waals surface area contributed by atoms with E-state index in [1.165, 1.54) is 6.33 Å². The summed E-state index contributed by atoms with van der Waals surface area (Å²) in [5.74, 6) is 1.21. The fraction of sp³-hybridized carbons (Fsp3) is 0.556. The van der Waals surface area contributed by atoms with Gasteiger partial charge in [-0.15, -0.1) is 0 Å². The van der Waals surface area contributed by atoms with Crippen LogP contribution in [0.4, 0.5) is 5.82 Å². The molecule has 0 aliphatic carbocycles. The predicted octanol–water partition coefficient (Wildman–Crippen LogP) is 1.43. The SMILES string of the molecule is CCNc1ncnc(OCCCO)c1Br. The molecule has 84 valence electrons. The van der Waals surface area contributed by atoms with Crippen LogP contribution in [-0.2, 0) is 0 Å². The second-order valence-corrected chi connectivity index (χ2v) is 3.59. The molecule has 0 aromatic carbocycles. The fourth-order valence-electron chi connectivity index (χ4n) is 0.978. The largest absolute Gasteiger partial charge is 0.477 e. The molecule has 5 nitrogen and oxygen atoms in total. The Labute approximate surface area is 97.0 Å². The number of aliphatic hydroxyl groups is 1. The summed E-state index contributed by atoms with van der Waals surface area (Å²) < 4.78 is 6.08. The minimum atomic E-state index is 0.114. The number of hydrogen-bond acceptors (Lipinski definition) is 5. The minimum Gasteiger partial charge on any atom is -0.477 e. The van der Waals surface area contributed by atoms with E-state index in [1.807, 2.05) is 6.92 Å². The molecule has 0 saturated carbocycles. The van der Waals surface area contributed by atoms with Gasteiger partial charge in [-0.3, -0.25) is 0 Å². The Kier molecular flexibility index (Phi) is 5.34. The van der Waals surface area contributed by atoms with Crippen molar-refractivity contribution >= 4 is 21.7 Å². The molecular weight excluding hydrogens is 262 g/mol. The molecule has 1 aromatic heterocycles. The highest BCUT2D eigenvalue weighted by Gasteiger charge is 2.08. The molecule has 1 aromatic rings. The van der Waals surface area contributed by atoms with Crippen molar-refractivity contribution in [3.63, 3.8) is 0 Å². The summed E-state index contributed by atoms with van der Waals surface area (Å²) in [7, 11) is 0. The molecule has 0 radical (unpaired) electrons. The van der Waals surface area contributed by atoms with Crippen LogP contribution >= 0.6 is 15.9 Å². The normalized spacial score (nSPS) is 10.1. The lowest BCUT2D eigenvalue weighted by Gasteiger charge is -2.09. The lowest BCUT2D eigenvalue weighted by Crippen LogP contribution is -2.05. The average Bonchev–Trinajstić information content (AvgIpc) is 2.24. The van der Waals surface area contributed by atoms with E-state index in [2.05, 4.69) is 31.2 Å². The van der Waals surface area contributed by atoms with Crippen LogP contribution in [0.2, 0.25) is 0 Å². The van der Waals surface area contributed by atoms with E-state index in [9.17, 15) is 0 Å². The number of nitrogens with one attached hydrogen (secondary N) is 1. The number of halogens is 1. The van der Waals surface area contributed by atoms with E-state index >= 15 is 0 Å². The maximum absolute atomic E-state index is 8.62. The molecule has 0 spiro atoms. The van der Waals surface area contributed by atoms with E-state index in [0.717, 1.165) is 6.54 Å². The highest BCUT2D eigenvalue weighted by atomic mass is 79.9. The number of nitrogens with zero attached hydrogens (tertiary/aromatic N) is 2. The molecule has 0 fully saturated rings. The second kappa shape index (κ2) is 6.58. The van der Waals surface area contributed by atoms with Crippen LogP contribution in [-0.4, -0.2) is 34.8 Å². The molecule has 0 amide bonds. The van der Waals surface area contributed by atoms with Gasteiger partial charge in [-0.25, -0.2) is 9.97 Å². The number of hydrogen-bond donors (Lipinski definition) is 2. The van der Waals surface area contributed by atoms with Crippen molar-refractivity contribution in [3.8, 4) is 5.88 Å². The Hall–Kier alpha value is -0.880. The third-order valence-electron chi connectivity index (χ3n) is 1.64. The summed E-state index contributed by atoms with van der Waals surface area (Å²) in [6.45, 7) is 3.33. The van der Waals surface area contributed by atoms with Gasteiger partial charge in [0.25, 0.3) is 0 Å². The van der Waals surface area contributed by atoms with E-state index in [-0.39, 0.29) is 6.61 Å². The van der Waals surface area contributed by atoms with Crippen LogP contribution in [0.5, 0.6) is 5.88 Å². The zero-order valence-corrected chi connectivity index (χ0v) is 10.1. The Morgan fingerprint density at radius 2 is 2.33 bits per heavy atom. The number of aliphatic hydroxyl groups excluding tert-OH is 1. The van der Waals surface area contributed by atoms with Crippen molar-refractivity contribution in [2.45, 2.75) is 13.3 Å². The summed E-state index contributed by atoms with van der Waals surface area (Å²) >= 11 is 3.36. The number of ether oxygens (including phenoxy) is 1. The van der Waals surface area contributed by atoms with Gasteiger partial charge in [-0.2, -0.15) is 0 Å². The lowest BCUT2D eigenvalue weighted by atomic mass is 10.5. The van der Waals surface area contributed by atoms with Gasteiger partial charge in [0.15, 0.2) is 0 Å². The molecule has 0 bridgehead atoms. The van der Waals surface area contributed by atoms with Crippen molar-refractivity contribution < 1.29 is 9.84 Å². The zero-order valence-electron chi connectivity index (χ0n) is 8.53. The van der Waals surface area contributed by atoms with Gasteiger partial charge in [0.1, 0.15) is 16.6 Å². The molecule has 0 aliphatic heterocycles. The third kappa shape index (κ3) is 3.64. The maximum atomic E-state index is 8.62. The molecule has 0 saturated heterocycles. The zero-order chi connectivity index (χ0) is 11.1. The van der Waals surface area contributed by atoms with Crippen LogP contribution in [0, 0.1) is 0 Å². The van der Waals surface area contributed by atoms with Crippen molar-refractivity contribution in [1.29, 1.82) is 0 Å². The molecule has 2 N–H and O–H groups in total. The van der Waals surface area contributed by atoms with Crippen LogP contribution in [0.3, 0.4) is 0 Å². The Morgan fingerprint density at radius 3 is 3.00 bits per heavy atom. The average molecular weight is 276 g/mol. The Balaban J connectivity index is 2.66. The van der Waals surface area contributed by atoms with Gasteiger partial charge in [0, 0.05) is 19.6 Å². The molecular formula is C9H14BrN3O2. The molecule has 0 unspecified atom stereocenters. The fourth-order valence-corrected chi connectivity index (χ4v) is 1.44. The lowest BCUT2D eigenvalue weighted by molar-refractivity contribution is 0.228. The maximum Gasteiger partial charge on any atom is 0.233 e. The number of rotatable bonds is 6. The summed E-state index contributed by atoms with van der Waals surface area (Å²) in [5, 5.41) is 11.7. The molecule has 1 rings (SSSR count). The first-order chi connectivity index (χ1) is 7.29. The highest BCUT2D eigenvalue weighted by Crippen LogP contribution is 2.28. The van der Waals surface area contributed by atoms with Crippen molar-refractivity contribution in [2.24, 2.45) is 0 Å². The first-order valence-electron chi connectivity index (χ1n) is 4.77. The summed E-state index contributed by atoms with van der Waals surface area (Å²) in [4.78, 5) is 8.05. The van der Waals surface area contributed by atoms with Gasteiger partial charge in [-0.05, 0) is 22.9 Å². The topological polar surface area (TPSA) is 67.3 Å². The van der Waals surface area contributed by atoms with Gasteiger partial charge >= 0.3 is 0 Å². The summed E-state index contributed by atoms with van der Waals surface area (Å²) in [6, 6.07) is 0. The van der Waals surface area contributed by atoms with E-state index in [1.54, 1.807) is 0 Å². The van der Waals surface area contributed by atoms with Gasteiger partial charge < -0.3 is 15.2 Å². The highest BCUT2D eigenvalue weighted by molar-refractivity contribution is 9.10. The number of aromatic nitrogens is 2. The van der Waals surface area contributed by atoms with Gasteiger partial charge in [0.2, 0.25) is 5.88 Å². The van der Waals surface area contributed by atoms with Gasteiger partial charge in [-0.1, -0.05) is 0 Å². The van der Waals surface area contributed by atoms with E-state index in [0.29, 0.717) is 29.2 Å². The third-order valence-corrected chi connectivity index (χ3v) is 2.36. The van der Waals surface area contributed by atoms with Crippen LogP contribution in [0.15, 0.2) is 10.8 Å². The first kappa shape index (κ1) is 12.2. The Morgan fingerprint density at radius 1 is 1.53 bits per heavy atom. The van der Waals surface area contributed by atoms with Crippen molar-refractivity contribution in [3.05, 3.63) is 10.8 Å². The molecule has 15 heavy (non-hydrogen) atoms. The summed E-state index contributed by atoms with van der Waals surface area (Å²) in [5.41, 5.74) is 0. The molecule has 6 heteroatoms. The van der Waals surface area contributed by atoms with Crippen LogP contribution in [0.25, 0.3) is 0 Å². The minimum absolute atomic E-state index is 0.114. The quantitative estimate of drug-likeness (QED) is 0.769. The smallest absolute Gasteiger partial charge is 0.233 e. The molecule has 1 heterocycles. The van der Waals surface area contributed by atoms with Crippen molar-refractivity contribution in [1.82, 2.24) is 9.97 Å². The van der Waals surface area contributed by atoms with Gasteiger partial charge in [0.05, 0.1) is 6.61 Å². The summed E-state index contributed by atoms with van der Waals surface area (Å²) in [6.07, 6.45) is 2.03. The predicted molar refractivity (Wildman–Crippen MR) is 61.1 cm³/mol. The molecule has 0 atom stereocenters. The standard InChI is InChI=1S/C9H14BrN3O2/c1-2-11-8-7(10)9(13-6-12-8)15-5-3-4-14/h6,14H,2-5H2,1H3,(H,11,12,13). The number of anilines is 1. The van der Waals surface area contributed by atoms with Crippen LogP contribution < -0.4 is 10.1 Å². The van der Waals surface area contributed by atoms with E-state index in [4.69, 9.17) is 9.84 Å². The first-order valence-corrected chi connectivity index (χ1v) is 5.57. The van der Waals surface area contributed by atoms with Crippen molar-refractivity contribution in [2.75, 3.05) is 25.1 Å². The van der Waals surface area contributed by atoms with Crippen LogP contribution in [0.1, 0.15) is 13.3 Å². The second-order valence-electron chi connectivity index (χ2n) is 2.80. The molecule has 0 aliphatic rings. The Bertz CT molecular complexity index is 309. The van der Waals surface area contributed by atoms with E-state index < -0.39 is 0 Å². The monoisotopic (exact) mass is 275 g/mol.